The Labute approximate surface area is 216 Å². The van der Waals surface area contributed by atoms with Crippen molar-refractivity contribution in [3.05, 3.63) is 65.7 Å². The van der Waals surface area contributed by atoms with E-state index < -0.39 is 12.1 Å². The van der Waals surface area contributed by atoms with Gasteiger partial charge in [-0.15, -0.1) is 0 Å². The number of likely N-dealkylation sites (tertiary alicyclic amines) is 1. The molecule has 1 aliphatic heterocycles. The maximum Gasteiger partial charge on any atom is 0.410 e. The second-order valence-corrected chi connectivity index (χ2v) is 8.58. The van der Waals surface area contributed by atoms with Crippen molar-refractivity contribution >= 4 is 23.9 Å². The average Bonchev–Trinajstić information content (AvgIpc) is 2.93. The number of amides is 3. The van der Waals surface area contributed by atoms with Crippen molar-refractivity contribution in [1.82, 2.24) is 15.8 Å². The van der Waals surface area contributed by atoms with Gasteiger partial charge in [0.15, 0.2) is 6.61 Å². The van der Waals surface area contributed by atoms with E-state index in [1.807, 2.05) is 42.5 Å². The normalized spacial score (nSPS) is 13.4. The van der Waals surface area contributed by atoms with Gasteiger partial charge in [0.25, 0.3) is 0 Å². The summed E-state index contributed by atoms with van der Waals surface area (Å²) < 4.78 is 15.5. The lowest BCUT2D eigenvalue weighted by molar-refractivity contribution is -0.145. The van der Waals surface area contributed by atoms with Crippen LogP contribution in [0.15, 0.2) is 54.6 Å². The minimum atomic E-state index is -0.433. The number of aryl methyl sites for hydroxylation is 1. The third-order valence-corrected chi connectivity index (χ3v) is 5.88. The number of nitrogens with zero attached hydrogens (tertiary/aromatic N) is 1. The summed E-state index contributed by atoms with van der Waals surface area (Å²) >= 11 is 0. The molecular formula is C27H33N3O7. The van der Waals surface area contributed by atoms with Crippen LogP contribution in [0.4, 0.5) is 4.79 Å². The number of hydrogen-bond donors (Lipinski definition) is 2. The van der Waals surface area contributed by atoms with Gasteiger partial charge in [-0.05, 0) is 49.4 Å². The Morgan fingerprint density at radius 3 is 2.27 bits per heavy atom. The van der Waals surface area contributed by atoms with E-state index in [9.17, 15) is 19.2 Å². The van der Waals surface area contributed by atoms with Gasteiger partial charge in [-0.1, -0.05) is 42.5 Å². The Bertz CT molecular complexity index is 1040. The van der Waals surface area contributed by atoms with Crippen molar-refractivity contribution in [3.63, 3.8) is 0 Å². The first kappa shape index (κ1) is 27.5. The predicted molar refractivity (Wildman–Crippen MR) is 134 cm³/mol. The van der Waals surface area contributed by atoms with Gasteiger partial charge in [0.1, 0.15) is 12.4 Å². The molecule has 1 heterocycles. The Balaban J connectivity index is 1.29. The summed E-state index contributed by atoms with van der Waals surface area (Å²) in [5.74, 6) is -0.770. The summed E-state index contributed by atoms with van der Waals surface area (Å²) in [6, 6.07) is 16.5. The molecule has 1 aliphatic rings. The van der Waals surface area contributed by atoms with Crippen molar-refractivity contribution < 1.29 is 33.4 Å². The average molecular weight is 512 g/mol. The van der Waals surface area contributed by atoms with Crippen LogP contribution in [0.2, 0.25) is 0 Å². The Morgan fingerprint density at radius 2 is 1.59 bits per heavy atom. The van der Waals surface area contributed by atoms with E-state index in [2.05, 4.69) is 10.9 Å². The van der Waals surface area contributed by atoms with Gasteiger partial charge in [0, 0.05) is 25.4 Å². The highest BCUT2D eigenvalue weighted by Crippen LogP contribution is 2.18. The molecule has 2 aromatic rings. The molecule has 3 rings (SSSR count). The van der Waals surface area contributed by atoms with Gasteiger partial charge >= 0.3 is 12.1 Å². The number of hydrogen-bond acceptors (Lipinski definition) is 7. The molecule has 0 bridgehead atoms. The lowest BCUT2D eigenvalue weighted by Gasteiger charge is -2.30. The van der Waals surface area contributed by atoms with Crippen LogP contribution >= 0.6 is 0 Å². The molecule has 0 saturated carbocycles. The van der Waals surface area contributed by atoms with Gasteiger partial charge < -0.3 is 19.1 Å². The minimum Gasteiger partial charge on any atom is -0.482 e. The fourth-order valence-electron chi connectivity index (χ4n) is 3.79. The molecule has 0 spiro atoms. The molecule has 0 atom stereocenters. The molecule has 198 valence electrons. The van der Waals surface area contributed by atoms with Crippen molar-refractivity contribution in [2.45, 2.75) is 39.2 Å². The van der Waals surface area contributed by atoms with Crippen molar-refractivity contribution in [2.24, 2.45) is 5.92 Å². The number of carbonyl (C=O) groups excluding carboxylic acids is 4. The van der Waals surface area contributed by atoms with Crippen LogP contribution in [0.1, 0.15) is 37.3 Å². The first-order chi connectivity index (χ1) is 17.9. The molecule has 2 aromatic carbocycles. The molecule has 0 aliphatic carbocycles. The molecule has 10 nitrogen and oxygen atoms in total. The molecule has 3 amide bonds. The number of rotatable bonds is 10. The number of benzene rings is 2. The third kappa shape index (κ3) is 9.47. The summed E-state index contributed by atoms with van der Waals surface area (Å²) in [5.41, 5.74) is 6.78. The van der Waals surface area contributed by atoms with Gasteiger partial charge in [0.2, 0.25) is 11.8 Å². The van der Waals surface area contributed by atoms with Crippen molar-refractivity contribution in [1.29, 1.82) is 0 Å². The molecule has 1 saturated heterocycles. The number of nitrogens with one attached hydrogen (secondary N) is 2. The molecule has 0 aromatic heterocycles. The zero-order valence-electron chi connectivity index (χ0n) is 20.9. The lowest BCUT2D eigenvalue weighted by atomic mass is 9.96. The second kappa shape index (κ2) is 14.5. The summed E-state index contributed by atoms with van der Waals surface area (Å²) in [5, 5.41) is 0. The van der Waals surface area contributed by atoms with Crippen LogP contribution in [0.5, 0.6) is 5.75 Å². The molecule has 0 radical (unpaired) electrons. The van der Waals surface area contributed by atoms with Crippen LogP contribution in [0, 0.1) is 5.92 Å². The number of hydrazine groups is 1. The molecule has 1 fully saturated rings. The fourth-order valence-corrected chi connectivity index (χ4v) is 3.79. The quantitative estimate of drug-likeness (QED) is 0.371. The SMILES string of the molecule is CCOC(=O)COc1ccc(CCC(=O)NNC(=O)C2CCN(C(=O)OCc3ccccc3)CC2)cc1. The summed E-state index contributed by atoms with van der Waals surface area (Å²) in [7, 11) is 0. The number of carbonyl (C=O) groups is 4. The van der Waals surface area contributed by atoms with Crippen molar-refractivity contribution in [3.8, 4) is 5.75 Å². The van der Waals surface area contributed by atoms with Crippen LogP contribution < -0.4 is 15.6 Å². The van der Waals surface area contributed by atoms with E-state index in [0.29, 0.717) is 44.7 Å². The maximum absolute atomic E-state index is 12.4. The van der Waals surface area contributed by atoms with Crippen LogP contribution in [-0.4, -0.2) is 55.1 Å². The molecule has 0 unspecified atom stereocenters. The standard InChI is InChI=1S/C27H33N3O7/c1-2-35-25(32)19-36-23-11-8-20(9-12-23)10-13-24(31)28-29-26(33)22-14-16-30(17-15-22)27(34)37-18-21-6-4-3-5-7-21/h3-9,11-12,22H,2,10,13-19H2,1H3,(H,28,31)(H,29,33). The van der Waals surface area contributed by atoms with Crippen LogP contribution in [0.3, 0.4) is 0 Å². The monoisotopic (exact) mass is 511 g/mol. The third-order valence-electron chi connectivity index (χ3n) is 5.88. The van der Waals surface area contributed by atoms with E-state index in [4.69, 9.17) is 14.2 Å². The van der Waals surface area contributed by atoms with Gasteiger partial charge in [-0.2, -0.15) is 0 Å². The van der Waals surface area contributed by atoms with Crippen LogP contribution in [0.25, 0.3) is 0 Å². The molecule has 10 heteroatoms. The predicted octanol–water partition coefficient (Wildman–Crippen LogP) is 2.76. The number of piperidine rings is 1. The Kier molecular flexibility index (Phi) is 10.8. The molecule has 37 heavy (non-hydrogen) atoms. The zero-order chi connectivity index (χ0) is 26.5. The van der Waals surface area contributed by atoms with Gasteiger partial charge in [-0.3, -0.25) is 20.4 Å². The summed E-state index contributed by atoms with van der Waals surface area (Å²) in [6.07, 6.45) is 1.26. The van der Waals surface area contributed by atoms with Crippen molar-refractivity contribution in [2.75, 3.05) is 26.3 Å². The van der Waals surface area contributed by atoms with E-state index in [-0.39, 0.29) is 37.4 Å². The highest BCUT2D eigenvalue weighted by molar-refractivity contribution is 5.83. The minimum absolute atomic E-state index is 0.160. The largest absolute Gasteiger partial charge is 0.482 e. The highest BCUT2D eigenvalue weighted by atomic mass is 16.6. The van der Waals surface area contributed by atoms with Gasteiger partial charge in [0.05, 0.1) is 6.61 Å². The number of ether oxygens (including phenoxy) is 3. The smallest absolute Gasteiger partial charge is 0.410 e. The lowest BCUT2D eigenvalue weighted by Crippen LogP contribution is -2.48. The maximum atomic E-state index is 12.4. The van der Waals surface area contributed by atoms with E-state index >= 15 is 0 Å². The van der Waals surface area contributed by atoms with Crippen LogP contribution in [-0.2, 0) is 36.9 Å². The van der Waals surface area contributed by atoms with E-state index in [1.54, 1.807) is 24.0 Å². The summed E-state index contributed by atoms with van der Waals surface area (Å²) in [6.45, 7) is 2.91. The van der Waals surface area contributed by atoms with E-state index in [0.717, 1.165) is 11.1 Å². The van der Waals surface area contributed by atoms with E-state index in [1.165, 1.54) is 0 Å². The number of esters is 1. The Morgan fingerprint density at radius 1 is 0.892 bits per heavy atom. The zero-order valence-corrected chi connectivity index (χ0v) is 20.9. The summed E-state index contributed by atoms with van der Waals surface area (Å²) in [4.78, 5) is 49.8. The fraction of sp³-hybridized carbons (Fsp3) is 0.407. The molecular weight excluding hydrogens is 478 g/mol. The Hall–Kier alpha value is -4.08. The highest BCUT2D eigenvalue weighted by Gasteiger charge is 2.28. The second-order valence-electron chi connectivity index (χ2n) is 8.58. The first-order valence-corrected chi connectivity index (χ1v) is 12.4. The van der Waals surface area contributed by atoms with Gasteiger partial charge in [-0.25, -0.2) is 9.59 Å². The first-order valence-electron chi connectivity index (χ1n) is 12.4. The molecule has 2 N–H and O–H groups in total. The topological polar surface area (TPSA) is 123 Å².